The van der Waals surface area contributed by atoms with Crippen LogP contribution in [-0.4, -0.2) is 47.6 Å². The molecule has 1 aliphatic rings. The maximum atomic E-state index is 12.4. The van der Waals surface area contributed by atoms with E-state index in [1.165, 1.54) is 18.9 Å². The molecule has 0 saturated carbocycles. The van der Waals surface area contributed by atoms with Gasteiger partial charge in [0.2, 0.25) is 11.7 Å². The molecule has 0 radical (unpaired) electrons. The molecule has 9 nitrogen and oxygen atoms in total. The number of fused-ring (bicyclic) bond motifs is 1. The molecule has 1 amide bonds. The molecular formula is C19H23N3O6. The molecule has 0 bridgehead atoms. The zero-order chi connectivity index (χ0) is 20.4. The second-order valence-electron chi connectivity index (χ2n) is 6.39. The molecule has 3 rings (SSSR count). The minimum absolute atomic E-state index is 0.0980. The molecule has 1 atom stereocenters. The van der Waals surface area contributed by atoms with Gasteiger partial charge in [0.25, 0.3) is 0 Å². The van der Waals surface area contributed by atoms with Crippen molar-refractivity contribution in [3.63, 3.8) is 0 Å². The summed E-state index contributed by atoms with van der Waals surface area (Å²) in [5.41, 5.74) is 2.23. The van der Waals surface area contributed by atoms with Gasteiger partial charge >= 0.3 is 5.97 Å². The van der Waals surface area contributed by atoms with Crippen LogP contribution in [0.25, 0.3) is 0 Å². The predicted molar refractivity (Wildman–Crippen MR) is 99.9 cm³/mol. The number of methoxy groups -OCH3 is 2. The van der Waals surface area contributed by atoms with Crippen LogP contribution in [0.5, 0.6) is 17.2 Å². The molecule has 9 heteroatoms. The first kappa shape index (κ1) is 19.5. The first-order valence-electron chi connectivity index (χ1n) is 8.87. The third-order valence-corrected chi connectivity index (χ3v) is 4.66. The molecule has 0 saturated heterocycles. The number of anilines is 1. The lowest BCUT2D eigenvalue weighted by atomic mass is 9.85. The van der Waals surface area contributed by atoms with Gasteiger partial charge in [-0.1, -0.05) is 0 Å². The lowest BCUT2D eigenvalue weighted by Crippen LogP contribution is -2.26. The fraction of sp³-hybridized carbons (Fsp3) is 0.421. The van der Waals surface area contributed by atoms with E-state index >= 15 is 0 Å². The van der Waals surface area contributed by atoms with E-state index in [1.807, 2.05) is 6.92 Å². The van der Waals surface area contributed by atoms with Crippen molar-refractivity contribution in [2.45, 2.75) is 32.7 Å². The van der Waals surface area contributed by atoms with E-state index < -0.39 is 5.97 Å². The van der Waals surface area contributed by atoms with E-state index in [1.54, 1.807) is 19.1 Å². The molecule has 2 N–H and O–H groups in total. The Balaban J connectivity index is 2.08. The van der Waals surface area contributed by atoms with E-state index in [2.05, 4.69) is 10.4 Å². The van der Waals surface area contributed by atoms with Crippen molar-refractivity contribution in [2.75, 3.05) is 26.1 Å². The number of carbonyl (C=O) groups excluding carboxylic acids is 2. The molecule has 28 heavy (non-hydrogen) atoms. The highest BCUT2D eigenvalue weighted by Gasteiger charge is 2.33. The smallest absolute Gasteiger partial charge is 0.327 e. The second-order valence-corrected chi connectivity index (χ2v) is 6.39. The van der Waals surface area contributed by atoms with Crippen LogP contribution in [-0.2, 0) is 20.9 Å². The SMILES string of the molecule is CCOC(=O)Cn1nc(C)c2c1NC(=O)CC2c1cc(OC)c(O)c(OC)c1. The van der Waals surface area contributed by atoms with E-state index in [0.29, 0.717) is 11.5 Å². The number of aromatic hydroxyl groups is 1. The number of carbonyl (C=O) groups is 2. The quantitative estimate of drug-likeness (QED) is 0.726. The third-order valence-electron chi connectivity index (χ3n) is 4.66. The molecule has 150 valence electrons. The van der Waals surface area contributed by atoms with Crippen molar-refractivity contribution in [2.24, 2.45) is 0 Å². The Morgan fingerprint density at radius 3 is 2.54 bits per heavy atom. The molecule has 0 spiro atoms. The highest BCUT2D eigenvalue weighted by Crippen LogP contribution is 2.44. The summed E-state index contributed by atoms with van der Waals surface area (Å²) in [6.07, 6.45) is 0.190. The number of phenolic OH excluding ortho intramolecular Hbond substituents is 1. The third kappa shape index (κ3) is 3.47. The summed E-state index contributed by atoms with van der Waals surface area (Å²) >= 11 is 0. The summed E-state index contributed by atoms with van der Waals surface area (Å²) < 4.78 is 16.9. The Hall–Kier alpha value is -3.23. The number of hydrogen-bond donors (Lipinski definition) is 2. The van der Waals surface area contributed by atoms with Crippen LogP contribution in [0.4, 0.5) is 5.82 Å². The van der Waals surface area contributed by atoms with Crippen molar-refractivity contribution >= 4 is 17.7 Å². The number of rotatable bonds is 6. The van der Waals surface area contributed by atoms with Gasteiger partial charge < -0.3 is 24.6 Å². The number of ether oxygens (including phenoxy) is 3. The summed E-state index contributed by atoms with van der Waals surface area (Å²) in [6, 6.07) is 3.35. The van der Waals surface area contributed by atoms with Gasteiger partial charge in [0.1, 0.15) is 12.4 Å². The largest absolute Gasteiger partial charge is 0.502 e. The fourth-order valence-electron chi connectivity index (χ4n) is 3.46. The van der Waals surface area contributed by atoms with Crippen molar-refractivity contribution in [3.05, 3.63) is 29.0 Å². The first-order chi connectivity index (χ1) is 13.4. The fourth-order valence-corrected chi connectivity index (χ4v) is 3.46. The first-order valence-corrected chi connectivity index (χ1v) is 8.87. The summed E-state index contributed by atoms with van der Waals surface area (Å²) in [6.45, 7) is 3.72. The number of benzene rings is 1. The van der Waals surface area contributed by atoms with Gasteiger partial charge in [-0.05, 0) is 31.5 Å². The maximum absolute atomic E-state index is 12.4. The van der Waals surface area contributed by atoms with E-state index in [0.717, 1.165) is 11.1 Å². The van der Waals surface area contributed by atoms with Crippen molar-refractivity contribution in [3.8, 4) is 17.2 Å². The van der Waals surface area contributed by atoms with E-state index in [-0.39, 0.29) is 48.6 Å². The highest BCUT2D eigenvalue weighted by molar-refractivity contribution is 5.95. The van der Waals surface area contributed by atoms with Gasteiger partial charge in [-0.15, -0.1) is 0 Å². The van der Waals surface area contributed by atoms with E-state index in [4.69, 9.17) is 14.2 Å². The average molecular weight is 389 g/mol. The van der Waals surface area contributed by atoms with Gasteiger partial charge in [0.05, 0.1) is 26.5 Å². The van der Waals surface area contributed by atoms with Crippen LogP contribution in [0.15, 0.2) is 12.1 Å². The monoisotopic (exact) mass is 389 g/mol. The number of esters is 1. The predicted octanol–water partition coefficient (Wildman–Crippen LogP) is 1.95. The van der Waals surface area contributed by atoms with Gasteiger partial charge in [0, 0.05) is 17.9 Å². The number of phenols is 1. The Kier molecular flexibility index (Phi) is 5.43. The molecule has 1 aromatic carbocycles. The van der Waals surface area contributed by atoms with Crippen LogP contribution in [0.1, 0.15) is 36.1 Å². The minimum Gasteiger partial charge on any atom is -0.502 e. The lowest BCUT2D eigenvalue weighted by Gasteiger charge is -2.25. The summed E-state index contributed by atoms with van der Waals surface area (Å²) in [5.74, 6) is -0.104. The van der Waals surface area contributed by atoms with Crippen molar-refractivity contribution in [1.29, 1.82) is 0 Å². The van der Waals surface area contributed by atoms with Crippen LogP contribution >= 0.6 is 0 Å². The second kappa shape index (κ2) is 7.79. The van der Waals surface area contributed by atoms with Gasteiger partial charge in [-0.3, -0.25) is 9.59 Å². The highest BCUT2D eigenvalue weighted by atomic mass is 16.5. The molecule has 0 fully saturated rings. The maximum Gasteiger partial charge on any atom is 0.327 e. The standard InChI is InChI=1S/C19H23N3O6/c1-5-28-16(24)9-22-19-17(10(2)21-22)12(8-15(23)20-19)11-6-13(26-3)18(25)14(7-11)27-4/h6-7,12,25H,5,8-9H2,1-4H3,(H,20,23). The molecule has 1 unspecified atom stereocenters. The van der Waals surface area contributed by atoms with Crippen LogP contribution < -0.4 is 14.8 Å². The van der Waals surface area contributed by atoms with Gasteiger partial charge in [0.15, 0.2) is 11.5 Å². The Morgan fingerprint density at radius 1 is 1.32 bits per heavy atom. The summed E-state index contributed by atoms with van der Waals surface area (Å²) in [4.78, 5) is 24.3. The zero-order valence-electron chi connectivity index (χ0n) is 16.2. The van der Waals surface area contributed by atoms with Crippen molar-refractivity contribution < 1.29 is 28.9 Å². The molecular weight excluding hydrogens is 366 g/mol. The Bertz CT molecular complexity index is 896. The van der Waals surface area contributed by atoms with E-state index in [9.17, 15) is 14.7 Å². The number of nitrogens with zero attached hydrogens (tertiary/aromatic N) is 2. The lowest BCUT2D eigenvalue weighted by molar-refractivity contribution is -0.144. The van der Waals surface area contributed by atoms with Crippen LogP contribution in [0, 0.1) is 6.92 Å². The van der Waals surface area contributed by atoms with Crippen LogP contribution in [0.3, 0.4) is 0 Å². The van der Waals surface area contributed by atoms with Crippen LogP contribution in [0.2, 0.25) is 0 Å². The molecule has 1 aliphatic heterocycles. The topological polar surface area (TPSA) is 112 Å². The number of nitrogens with one attached hydrogen (secondary N) is 1. The molecule has 1 aromatic heterocycles. The summed E-state index contributed by atoms with van der Waals surface area (Å²) in [5, 5.41) is 17.4. The summed E-state index contributed by atoms with van der Waals surface area (Å²) in [7, 11) is 2.89. The number of amides is 1. The minimum atomic E-state index is -0.433. The average Bonchev–Trinajstić information content (AvgIpc) is 2.96. The molecule has 2 heterocycles. The number of aromatic nitrogens is 2. The number of hydrogen-bond acceptors (Lipinski definition) is 7. The Morgan fingerprint density at radius 2 is 1.96 bits per heavy atom. The van der Waals surface area contributed by atoms with Gasteiger partial charge in [-0.2, -0.15) is 5.10 Å². The molecule has 2 aromatic rings. The zero-order valence-corrected chi connectivity index (χ0v) is 16.2. The Labute approximate surface area is 162 Å². The normalized spacial score (nSPS) is 15.6. The number of aryl methyl sites for hydroxylation is 1. The van der Waals surface area contributed by atoms with Gasteiger partial charge in [-0.25, -0.2) is 4.68 Å². The van der Waals surface area contributed by atoms with Crippen molar-refractivity contribution in [1.82, 2.24) is 9.78 Å². The molecule has 0 aliphatic carbocycles.